The lowest BCUT2D eigenvalue weighted by Gasteiger charge is -2.26. The monoisotopic (exact) mass is 355 g/mol. The summed E-state index contributed by atoms with van der Waals surface area (Å²) in [6, 6.07) is 6.13. The fourth-order valence-electron chi connectivity index (χ4n) is 2.91. The molecule has 1 aromatic rings. The maximum atomic E-state index is 12.4. The van der Waals surface area contributed by atoms with Crippen molar-refractivity contribution in [1.29, 1.82) is 0 Å². The predicted molar refractivity (Wildman–Crippen MR) is 86.9 cm³/mol. The Balaban J connectivity index is 2.03. The van der Waals surface area contributed by atoms with Crippen LogP contribution in [0.1, 0.15) is 41.6 Å². The molecule has 1 aliphatic carbocycles. The zero-order valence-corrected chi connectivity index (χ0v) is 14.2. The molecule has 0 spiro atoms. The zero-order chi connectivity index (χ0) is 17.7. The molecule has 0 bridgehead atoms. The van der Waals surface area contributed by atoms with Gasteiger partial charge in [-0.1, -0.05) is 18.2 Å². The second-order valence-corrected chi connectivity index (χ2v) is 7.67. The summed E-state index contributed by atoms with van der Waals surface area (Å²) in [5, 5.41) is 8.98. The Morgan fingerprint density at radius 3 is 2.42 bits per heavy atom. The van der Waals surface area contributed by atoms with Crippen LogP contribution in [0.25, 0.3) is 0 Å². The van der Waals surface area contributed by atoms with Gasteiger partial charge in [-0.2, -0.15) is 0 Å². The third-order valence-corrected chi connectivity index (χ3v) is 5.57. The van der Waals surface area contributed by atoms with Crippen LogP contribution < -0.4 is 4.72 Å². The maximum absolute atomic E-state index is 12.4. The van der Waals surface area contributed by atoms with Crippen molar-refractivity contribution < 1.29 is 27.9 Å². The summed E-state index contributed by atoms with van der Waals surface area (Å²) in [5.41, 5.74) is 0.594. The van der Waals surface area contributed by atoms with E-state index in [9.17, 15) is 18.0 Å². The van der Waals surface area contributed by atoms with Gasteiger partial charge in [0.2, 0.25) is 10.0 Å². The molecular formula is C16H21NO6S. The molecule has 0 atom stereocenters. The van der Waals surface area contributed by atoms with E-state index in [1.54, 1.807) is 18.2 Å². The zero-order valence-electron chi connectivity index (χ0n) is 13.4. The van der Waals surface area contributed by atoms with Gasteiger partial charge in [0.05, 0.1) is 24.3 Å². The molecule has 0 amide bonds. The predicted octanol–water partition coefficient (Wildman–Crippen LogP) is 1.54. The number of esters is 1. The van der Waals surface area contributed by atoms with E-state index in [1.165, 1.54) is 13.2 Å². The summed E-state index contributed by atoms with van der Waals surface area (Å²) in [6.07, 6.45) is 1.91. The highest BCUT2D eigenvalue weighted by Gasteiger charge is 2.28. The average Bonchev–Trinajstić information content (AvgIpc) is 2.54. The number of carbonyl (C=O) groups excluding carboxylic acids is 1. The Kier molecular flexibility index (Phi) is 5.95. The molecule has 0 saturated heterocycles. The first-order valence-electron chi connectivity index (χ1n) is 7.71. The van der Waals surface area contributed by atoms with E-state index >= 15 is 0 Å². The van der Waals surface area contributed by atoms with E-state index in [1.807, 2.05) is 0 Å². The van der Waals surface area contributed by atoms with Gasteiger partial charge >= 0.3 is 11.9 Å². The Bertz CT molecular complexity index is 707. The van der Waals surface area contributed by atoms with Crippen molar-refractivity contribution in [3.05, 3.63) is 35.4 Å². The largest absolute Gasteiger partial charge is 0.481 e. The molecule has 1 aromatic carbocycles. The van der Waals surface area contributed by atoms with Gasteiger partial charge in [-0.25, -0.2) is 17.9 Å². The van der Waals surface area contributed by atoms with E-state index in [4.69, 9.17) is 5.11 Å². The lowest BCUT2D eigenvalue weighted by molar-refractivity contribution is -0.142. The van der Waals surface area contributed by atoms with Gasteiger partial charge in [0, 0.05) is 6.04 Å². The molecule has 24 heavy (non-hydrogen) atoms. The Labute approximate surface area is 141 Å². The number of ether oxygens (including phenoxy) is 1. The van der Waals surface area contributed by atoms with Crippen LogP contribution in [-0.4, -0.2) is 38.6 Å². The second kappa shape index (κ2) is 7.76. The molecule has 132 valence electrons. The number of sulfonamides is 1. The van der Waals surface area contributed by atoms with Crippen LogP contribution in [0.5, 0.6) is 0 Å². The van der Waals surface area contributed by atoms with Gasteiger partial charge in [-0.05, 0) is 37.3 Å². The summed E-state index contributed by atoms with van der Waals surface area (Å²) in [7, 11) is -2.40. The molecule has 0 unspecified atom stereocenters. The van der Waals surface area contributed by atoms with Crippen LogP contribution in [0.3, 0.4) is 0 Å². The van der Waals surface area contributed by atoms with Crippen molar-refractivity contribution in [3.63, 3.8) is 0 Å². The number of carboxylic acids is 1. The molecule has 1 aliphatic rings. The molecule has 0 radical (unpaired) electrons. The van der Waals surface area contributed by atoms with E-state index < -0.39 is 27.9 Å². The van der Waals surface area contributed by atoms with Gasteiger partial charge in [-0.3, -0.25) is 4.79 Å². The molecule has 1 saturated carbocycles. The van der Waals surface area contributed by atoms with Crippen LogP contribution in [0.4, 0.5) is 0 Å². The van der Waals surface area contributed by atoms with Crippen molar-refractivity contribution in [2.45, 2.75) is 37.5 Å². The second-order valence-electron chi connectivity index (χ2n) is 5.91. The molecule has 0 aliphatic heterocycles. The highest BCUT2D eigenvalue weighted by Crippen LogP contribution is 2.25. The van der Waals surface area contributed by atoms with Crippen molar-refractivity contribution in [1.82, 2.24) is 4.72 Å². The fourth-order valence-corrected chi connectivity index (χ4v) is 4.40. The molecule has 2 N–H and O–H groups in total. The topological polar surface area (TPSA) is 110 Å². The molecule has 1 fully saturated rings. The van der Waals surface area contributed by atoms with Gasteiger partial charge in [-0.15, -0.1) is 0 Å². The average molecular weight is 355 g/mol. The normalized spacial score (nSPS) is 21.2. The Hall–Kier alpha value is -1.93. The number of nitrogens with one attached hydrogen (secondary N) is 1. The quantitative estimate of drug-likeness (QED) is 0.749. The van der Waals surface area contributed by atoms with Crippen LogP contribution in [0.15, 0.2) is 24.3 Å². The number of benzene rings is 1. The number of hydrogen-bond donors (Lipinski definition) is 2. The van der Waals surface area contributed by atoms with Gasteiger partial charge < -0.3 is 9.84 Å². The van der Waals surface area contributed by atoms with E-state index in [-0.39, 0.29) is 17.4 Å². The summed E-state index contributed by atoms with van der Waals surface area (Å²) in [5.74, 6) is -2.13. The molecule has 8 heteroatoms. The number of carboxylic acid groups (broad SMARTS) is 1. The smallest absolute Gasteiger partial charge is 0.338 e. The molecule has 0 aromatic heterocycles. The summed E-state index contributed by atoms with van der Waals surface area (Å²) in [4.78, 5) is 22.7. The van der Waals surface area contributed by atoms with E-state index in [0.29, 0.717) is 31.2 Å². The molecule has 0 heterocycles. The SMILES string of the molecule is COC(=O)c1ccccc1CS(=O)(=O)NC1CCC(C(=O)O)CC1. The number of hydrogen-bond acceptors (Lipinski definition) is 5. The minimum atomic E-state index is -3.64. The number of carbonyl (C=O) groups is 2. The minimum absolute atomic E-state index is 0.222. The lowest BCUT2D eigenvalue weighted by atomic mass is 9.87. The Morgan fingerprint density at radius 1 is 1.21 bits per heavy atom. The summed E-state index contributed by atoms with van der Waals surface area (Å²) >= 11 is 0. The third kappa shape index (κ3) is 4.78. The highest BCUT2D eigenvalue weighted by molar-refractivity contribution is 7.88. The molecular weight excluding hydrogens is 334 g/mol. The summed E-state index contributed by atoms with van der Waals surface area (Å²) < 4.78 is 32.0. The fraction of sp³-hybridized carbons (Fsp3) is 0.500. The first-order chi connectivity index (χ1) is 11.3. The van der Waals surface area contributed by atoms with Gasteiger partial charge in [0.25, 0.3) is 0 Å². The van der Waals surface area contributed by atoms with Crippen LogP contribution in [-0.2, 0) is 25.3 Å². The minimum Gasteiger partial charge on any atom is -0.481 e. The van der Waals surface area contributed by atoms with Gasteiger partial charge in [0.1, 0.15) is 0 Å². The summed E-state index contributed by atoms with van der Waals surface area (Å²) in [6.45, 7) is 0. The van der Waals surface area contributed by atoms with Crippen LogP contribution in [0, 0.1) is 5.92 Å². The number of aliphatic carboxylic acids is 1. The van der Waals surface area contributed by atoms with E-state index in [0.717, 1.165) is 0 Å². The standard InChI is InChI=1S/C16H21NO6S/c1-23-16(20)14-5-3-2-4-12(14)10-24(21,22)17-13-8-6-11(7-9-13)15(18)19/h2-5,11,13,17H,6-10H2,1H3,(H,18,19). The number of methoxy groups -OCH3 is 1. The third-order valence-electron chi connectivity index (χ3n) is 4.19. The van der Waals surface area contributed by atoms with Crippen molar-refractivity contribution in [2.75, 3.05) is 7.11 Å². The van der Waals surface area contributed by atoms with Crippen molar-refractivity contribution in [3.8, 4) is 0 Å². The van der Waals surface area contributed by atoms with Crippen LogP contribution >= 0.6 is 0 Å². The molecule has 2 rings (SSSR count). The lowest BCUT2D eigenvalue weighted by Crippen LogP contribution is -2.39. The first-order valence-corrected chi connectivity index (χ1v) is 9.36. The first kappa shape index (κ1) is 18.4. The van der Waals surface area contributed by atoms with Gasteiger partial charge in [0.15, 0.2) is 0 Å². The van der Waals surface area contributed by atoms with Crippen molar-refractivity contribution >= 4 is 22.0 Å². The highest BCUT2D eigenvalue weighted by atomic mass is 32.2. The van der Waals surface area contributed by atoms with Crippen molar-refractivity contribution in [2.24, 2.45) is 5.92 Å². The maximum Gasteiger partial charge on any atom is 0.338 e. The number of rotatable bonds is 6. The molecule has 7 nitrogen and oxygen atoms in total. The van der Waals surface area contributed by atoms with E-state index in [2.05, 4.69) is 9.46 Å². The Morgan fingerprint density at radius 2 is 1.83 bits per heavy atom. The van der Waals surface area contributed by atoms with Crippen LogP contribution in [0.2, 0.25) is 0 Å².